The van der Waals surface area contributed by atoms with E-state index in [-0.39, 0.29) is 36.0 Å². The number of sulfonamides is 1. The molecule has 0 saturated carbocycles. The molecule has 0 saturated heterocycles. The van der Waals surface area contributed by atoms with Gasteiger partial charge in [-0.05, 0) is 61.5 Å². The highest BCUT2D eigenvalue weighted by atomic mass is 35.5. The molecule has 3 aromatic rings. The number of amides is 1. The molecule has 0 radical (unpaired) electrons. The average molecular weight is 521 g/mol. The lowest BCUT2D eigenvalue weighted by molar-refractivity contribution is -0.127. The van der Waals surface area contributed by atoms with Gasteiger partial charge in [-0.2, -0.15) is 0 Å². The normalized spacial score (nSPS) is 15.3. The number of fused-ring (bicyclic) bond motifs is 1. The molecule has 0 aliphatic carbocycles. The zero-order valence-electron chi connectivity index (χ0n) is 18.2. The van der Waals surface area contributed by atoms with Gasteiger partial charge in [-0.15, -0.1) is 0 Å². The van der Waals surface area contributed by atoms with Crippen LogP contribution >= 0.6 is 23.2 Å². The van der Waals surface area contributed by atoms with Crippen molar-refractivity contribution in [2.24, 2.45) is 0 Å². The summed E-state index contributed by atoms with van der Waals surface area (Å²) in [7, 11) is -3.96. The summed E-state index contributed by atoms with van der Waals surface area (Å²) in [5.74, 6) is 0.419. The lowest BCUT2D eigenvalue weighted by Gasteiger charge is -2.34. The third-order valence-corrected chi connectivity index (χ3v) is 7.46. The van der Waals surface area contributed by atoms with E-state index in [0.717, 1.165) is 9.87 Å². The summed E-state index contributed by atoms with van der Waals surface area (Å²) in [5, 5.41) is 3.69. The number of carbonyl (C=O) groups is 1. The molecule has 1 aliphatic rings. The molecule has 0 bridgehead atoms. The van der Waals surface area contributed by atoms with Crippen molar-refractivity contribution in [3.63, 3.8) is 0 Å². The van der Waals surface area contributed by atoms with Gasteiger partial charge in [0.05, 0.1) is 23.7 Å². The van der Waals surface area contributed by atoms with E-state index in [2.05, 4.69) is 5.32 Å². The molecule has 0 unspecified atom stereocenters. The number of aryl methyl sites for hydroxylation is 1. The number of hydrogen-bond donors (Lipinski definition) is 1. The van der Waals surface area contributed by atoms with Gasteiger partial charge < -0.3 is 14.8 Å². The molecule has 1 heterocycles. The van der Waals surface area contributed by atoms with E-state index in [4.69, 9.17) is 32.7 Å². The monoisotopic (exact) mass is 520 g/mol. The van der Waals surface area contributed by atoms with E-state index < -0.39 is 22.0 Å². The van der Waals surface area contributed by atoms with Gasteiger partial charge >= 0.3 is 0 Å². The molecule has 0 fully saturated rings. The van der Waals surface area contributed by atoms with Gasteiger partial charge in [0, 0.05) is 10.0 Å². The highest BCUT2D eigenvalue weighted by molar-refractivity contribution is 7.92. The number of anilines is 1. The molecule has 1 N–H and O–H groups in total. The van der Waals surface area contributed by atoms with Crippen molar-refractivity contribution in [1.82, 2.24) is 5.32 Å². The van der Waals surface area contributed by atoms with Gasteiger partial charge in [0.15, 0.2) is 6.10 Å². The quantitative estimate of drug-likeness (QED) is 0.465. The van der Waals surface area contributed by atoms with Crippen LogP contribution in [0.15, 0.2) is 71.6 Å². The number of benzene rings is 3. The first-order valence-corrected chi connectivity index (χ1v) is 12.7. The Labute approximate surface area is 208 Å². The minimum Gasteiger partial charge on any atom is -0.492 e. The van der Waals surface area contributed by atoms with Gasteiger partial charge in [-0.1, -0.05) is 40.9 Å². The van der Waals surface area contributed by atoms with Crippen LogP contribution in [-0.2, 0) is 14.8 Å². The topological polar surface area (TPSA) is 84.9 Å². The fraction of sp³-hybridized carbons (Fsp3) is 0.208. The van der Waals surface area contributed by atoms with E-state index in [0.29, 0.717) is 15.8 Å². The number of nitrogens with one attached hydrogen (secondary N) is 1. The number of nitrogens with zero attached hydrogens (tertiary/aromatic N) is 1. The third-order valence-electron chi connectivity index (χ3n) is 5.18. The SMILES string of the molecule is Cc1ccc(S(=O)(=O)N2C[C@@H](C(=O)NCCOc3ccc(Cl)cc3)Oc3ccc(Cl)cc32)cc1. The maximum Gasteiger partial charge on any atom is 0.264 e. The molecule has 1 aliphatic heterocycles. The van der Waals surface area contributed by atoms with Crippen LogP contribution in [0.2, 0.25) is 10.0 Å². The van der Waals surface area contributed by atoms with Crippen LogP contribution in [0.4, 0.5) is 5.69 Å². The molecule has 3 aromatic carbocycles. The van der Waals surface area contributed by atoms with Crippen LogP contribution in [0.3, 0.4) is 0 Å². The number of halogens is 2. The Kier molecular flexibility index (Phi) is 7.21. The molecule has 7 nitrogen and oxygen atoms in total. The van der Waals surface area contributed by atoms with Gasteiger partial charge in [-0.25, -0.2) is 8.42 Å². The Morgan fingerprint density at radius 3 is 2.44 bits per heavy atom. The maximum absolute atomic E-state index is 13.4. The minimum atomic E-state index is -3.96. The summed E-state index contributed by atoms with van der Waals surface area (Å²) in [6.07, 6.45) is -1.05. The molecule has 0 spiro atoms. The van der Waals surface area contributed by atoms with Crippen molar-refractivity contribution in [3.8, 4) is 11.5 Å². The summed E-state index contributed by atoms with van der Waals surface area (Å²) < 4.78 is 39.5. The van der Waals surface area contributed by atoms with Crippen molar-refractivity contribution in [2.45, 2.75) is 17.9 Å². The van der Waals surface area contributed by atoms with Crippen molar-refractivity contribution >= 4 is 44.8 Å². The molecule has 0 aromatic heterocycles. The summed E-state index contributed by atoms with van der Waals surface area (Å²) in [6.45, 7) is 2.10. The Hall–Kier alpha value is -2.94. The first-order valence-electron chi connectivity index (χ1n) is 10.5. The Balaban J connectivity index is 1.49. The van der Waals surface area contributed by atoms with E-state index in [9.17, 15) is 13.2 Å². The van der Waals surface area contributed by atoms with Crippen LogP contribution in [0.25, 0.3) is 0 Å². The Morgan fingerprint density at radius 1 is 1.06 bits per heavy atom. The third kappa shape index (κ3) is 5.41. The van der Waals surface area contributed by atoms with E-state index in [1.807, 2.05) is 6.92 Å². The number of carbonyl (C=O) groups excluding carboxylic acids is 1. The van der Waals surface area contributed by atoms with Crippen LogP contribution in [0.5, 0.6) is 11.5 Å². The second-order valence-corrected chi connectivity index (χ2v) is 10.4. The fourth-order valence-electron chi connectivity index (χ4n) is 3.41. The van der Waals surface area contributed by atoms with Crippen molar-refractivity contribution in [1.29, 1.82) is 0 Å². The lowest BCUT2D eigenvalue weighted by Crippen LogP contribution is -2.51. The molecular formula is C24H22Cl2N2O5S. The molecule has 1 amide bonds. The van der Waals surface area contributed by atoms with Crippen LogP contribution in [0.1, 0.15) is 5.56 Å². The summed E-state index contributed by atoms with van der Waals surface area (Å²) in [6, 6.07) is 18.0. The largest absolute Gasteiger partial charge is 0.492 e. The zero-order valence-corrected chi connectivity index (χ0v) is 20.5. The molecule has 10 heteroatoms. The minimum absolute atomic E-state index is 0.112. The highest BCUT2D eigenvalue weighted by Gasteiger charge is 2.37. The molecule has 1 atom stereocenters. The highest BCUT2D eigenvalue weighted by Crippen LogP contribution is 2.38. The smallest absolute Gasteiger partial charge is 0.264 e. The Morgan fingerprint density at radius 2 is 1.74 bits per heavy atom. The van der Waals surface area contributed by atoms with Crippen LogP contribution in [0, 0.1) is 6.92 Å². The first kappa shape index (κ1) is 24.2. The van der Waals surface area contributed by atoms with E-state index in [1.165, 1.54) is 18.2 Å². The molecular weight excluding hydrogens is 499 g/mol. The predicted molar refractivity (Wildman–Crippen MR) is 132 cm³/mol. The van der Waals surface area contributed by atoms with Crippen molar-refractivity contribution in [3.05, 3.63) is 82.3 Å². The second-order valence-electron chi connectivity index (χ2n) is 7.66. The van der Waals surface area contributed by atoms with Crippen molar-refractivity contribution in [2.75, 3.05) is 24.0 Å². The molecule has 34 heavy (non-hydrogen) atoms. The van der Waals surface area contributed by atoms with Gasteiger partial charge in [0.2, 0.25) is 0 Å². The number of ether oxygens (including phenoxy) is 2. The predicted octanol–water partition coefficient (Wildman–Crippen LogP) is 4.45. The van der Waals surface area contributed by atoms with Gasteiger partial charge in [-0.3, -0.25) is 9.10 Å². The zero-order chi connectivity index (χ0) is 24.3. The maximum atomic E-state index is 13.4. The average Bonchev–Trinajstić information content (AvgIpc) is 2.82. The first-order chi connectivity index (χ1) is 16.2. The summed E-state index contributed by atoms with van der Waals surface area (Å²) in [5.41, 5.74) is 1.21. The lowest BCUT2D eigenvalue weighted by atomic mass is 10.2. The van der Waals surface area contributed by atoms with Crippen LogP contribution < -0.4 is 19.1 Å². The van der Waals surface area contributed by atoms with Gasteiger partial charge in [0.25, 0.3) is 15.9 Å². The van der Waals surface area contributed by atoms with E-state index in [1.54, 1.807) is 48.5 Å². The van der Waals surface area contributed by atoms with E-state index >= 15 is 0 Å². The standard InChI is InChI=1S/C24H22Cl2N2O5S/c1-16-2-9-20(10-3-16)34(30,31)28-15-23(33-22-11-6-18(26)14-21(22)28)24(29)27-12-13-32-19-7-4-17(25)5-8-19/h2-11,14,23H,12-13,15H2,1H3,(H,27,29)/t23-/m0/s1. The van der Waals surface area contributed by atoms with Gasteiger partial charge in [0.1, 0.15) is 18.1 Å². The Bertz CT molecular complexity index is 1280. The van der Waals surface area contributed by atoms with Crippen LogP contribution in [-0.4, -0.2) is 40.1 Å². The molecule has 178 valence electrons. The fourth-order valence-corrected chi connectivity index (χ4v) is 5.17. The molecule has 4 rings (SSSR count). The summed E-state index contributed by atoms with van der Waals surface area (Å²) >= 11 is 12.0. The second kappa shape index (κ2) is 10.1. The van der Waals surface area contributed by atoms with Crippen molar-refractivity contribution < 1.29 is 22.7 Å². The summed E-state index contributed by atoms with van der Waals surface area (Å²) in [4.78, 5) is 12.9. The number of hydrogen-bond acceptors (Lipinski definition) is 5. The number of rotatable bonds is 7.